The number of nitriles is 1. The number of aryl methyl sites for hydroxylation is 1. The largest absolute Gasteiger partial charge is 0.495 e. The van der Waals surface area contributed by atoms with Crippen molar-refractivity contribution in [2.45, 2.75) is 39.3 Å². The molecule has 0 fully saturated rings. The molecular weight excluding hydrogens is 426 g/mol. The van der Waals surface area contributed by atoms with Crippen molar-refractivity contribution in [3.05, 3.63) is 41.3 Å². The number of fused-ring (bicyclic) bond motifs is 2. The standard InChI is InChI=1S/C22H25N5O2SSi/c1-12-6-13-8-17(30-20(13)16(7-12)28-5)18-14(10-29-31-22(2,3)4)15(9-23)27-19(18)21(24)25-11-26-27/h6-8,11H,10,31H2,1-5H3,(H2,24,25,26). The number of nitrogens with zero attached hydrogens (tertiary/aromatic N) is 4. The molecule has 0 saturated carbocycles. The number of rotatable bonds is 5. The van der Waals surface area contributed by atoms with E-state index in [0.717, 1.165) is 37.4 Å². The Morgan fingerprint density at radius 3 is 2.74 bits per heavy atom. The monoisotopic (exact) mass is 451 g/mol. The van der Waals surface area contributed by atoms with Crippen LogP contribution in [0.4, 0.5) is 5.82 Å². The number of anilines is 1. The molecule has 2 N–H and O–H groups in total. The smallest absolute Gasteiger partial charge is 0.167 e. The van der Waals surface area contributed by atoms with Crippen LogP contribution in [-0.4, -0.2) is 31.5 Å². The normalized spacial score (nSPS) is 12.3. The highest BCUT2D eigenvalue weighted by atomic mass is 32.1. The second-order valence-corrected chi connectivity index (χ2v) is 12.6. The molecule has 4 aromatic rings. The Morgan fingerprint density at radius 1 is 1.29 bits per heavy atom. The molecule has 0 atom stereocenters. The number of thiophene rings is 1. The zero-order valence-electron chi connectivity index (χ0n) is 18.3. The van der Waals surface area contributed by atoms with E-state index in [9.17, 15) is 5.26 Å². The van der Waals surface area contributed by atoms with Crippen LogP contribution in [0.25, 0.3) is 26.0 Å². The number of methoxy groups -OCH3 is 1. The molecule has 1 aromatic carbocycles. The van der Waals surface area contributed by atoms with Crippen molar-refractivity contribution in [1.29, 1.82) is 5.26 Å². The summed E-state index contributed by atoms with van der Waals surface area (Å²) < 4.78 is 14.4. The van der Waals surface area contributed by atoms with E-state index in [4.69, 9.17) is 14.9 Å². The lowest BCUT2D eigenvalue weighted by Gasteiger charge is -2.17. The van der Waals surface area contributed by atoms with Crippen LogP contribution in [0.2, 0.25) is 5.04 Å². The van der Waals surface area contributed by atoms with Gasteiger partial charge in [0, 0.05) is 16.0 Å². The highest BCUT2D eigenvalue weighted by molar-refractivity contribution is 7.22. The number of ether oxygens (including phenoxy) is 1. The molecule has 0 amide bonds. The second kappa shape index (κ2) is 7.96. The number of hydrogen-bond donors (Lipinski definition) is 1. The van der Waals surface area contributed by atoms with Crippen LogP contribution in [-0.2, 0) is 11.0 Å². The third-order valence-electron chi connectivity index (χ3n) is 4.93. The first kappa shape index (κ1) is 21.3. The van der Waals surface area contributed by atoms with Gasteiger partial charge < -0.3 is 14.9 Å². The maximum Gasteiger partial charge on any atom is 0.167 e. The SMILES string of the molecule is COc1cc(C)cc2cc(-c3c(CO[SiH2]C(C)(C)C)c(C#N)n4ncnc(N)c34)sc12. The molecule has 0 bridgehead atoms. The summed E-state index contributed by atoms with van der Waals surface area (Å²) in [5.41, 5.74) is 10.1. The van der Waals surface area contributed by atoms with E-state index in [1.165, 1.54) is 6.33 Å². The highest BCUT2D eigenvalue weighted by Crippen LogP contribution is 2.44. The van der Waals surface area contributed by atoms with Crippen molar-refractivity contribution in [2.75, 3.05) is 12.8 Å². The van der Waals surface area contributed by atoms with Crippen molar-refractivity contribution in [3.63, 3.8) is 0 Å². The van der Waals surface area contributed by atoms with Crippen LogP contribution in [0.15, 0.2) is 24.5 Å². The Balaban J connectivity index is 1.97. The van der Waals surface area contributed by atoms with Crippen LogP contribution in [0.5, 0.6) is 5.75 Å². The summed E-state index contributed by atoms with van der Waals surface area (Å²) in [5.74, 6) is 1.17. The molecule has 3 aromatic heterocycles. The summed E-state index contributed by atoms with van der Waals surface area (Å²) >= 11 is 1.61. The Morgan fingerprint density at radius 2 is 2.06 bits per heavy atom. The number of nitrogens with two attached hydrogens (primary N) is 1. The highest BCUT2D eigenvalue weighted by Gasteiger charge is 2.25. The van der Waals surface area contributed by atoms with Gasteiger partial charge in [-0.2, -0.15) is 10.4 Å². The third kappa shape index (κ3) is 3.90. The maximum atomic E-state index is 9.95. The van der Waals surface area contributed by atoms with Gasteiger partial charge in [-0.05, 0) is 35.0 Å². The molecule has 3 heterocycles. The molecule has 0 saturated heterocycles. The zero-order chi connectivity index (χ0) is 22.3. The predicted molar refractivity (Wildman–Crippen MR) is 127 cm³/mol. The molecule has 0 aliphatic carbocycles. The van der Waals surface area contributed by atoms with E-state index in [2.05, 4.69) is 49.1 Å². The van der Waals surface area contributed by atoms with E-state index in [1.54, 1.807) is 23.0 Å². The predicted octanol–water partition coefficient (Wildman–Crippen LogP) is 4.20. The molecule has 0 aliphatic rings. The molecule has 4 rings (SSSR count). The van der Waals surface area contributed by atoms with Gasteiger partial charge in [-0.1, -0.05) is 26.8 Å². The van der Waals surface area contributed by atoms with Gasteiger partial charge in [0.25, 0.3) is 0 Å². The Labute approximate surface area is 187 Å². The van der Waals surface area contributed by atoms with Gasteiger partial charge in [0.2, 0.25) is 0 Å². The van der Waals surface area contributed by atoms with Gasteiger partial charge in [-0.15, -0.1) is 11.3 Å². The minimum atomic E-state index is -0.801. The first-order chi connectivity index (χ1) is 14.7. The van der Waals surface area contributed by atoms with Crippen molar-refractivity contribution in [3.8, 4) is 22.3 Å². The second-order valence-electron chi connectivity index (χ2n) is 8.77. The zero-order valence-corrected chi connectivity index (χ0v) is 20.5. The fourth-order valence-corrected chi connectivity index (χ4v) is 5.80. The van der Waals surface area contributed by atoms with Crippen LogP contribution in [0.3, 0.4) is 0 Å². The summed E-state index contributed by atoms with van der Waals surface area (Å²) in [4.78, 5) is 5.17. The van der Waals surface area contributed by atoms with E-state index in [-0.39, 0.29) is 5.04 Å². The summed E-state index contributed by atoms with van der Waals surface area (Å²) in [6.07, 6.45) is 1.37. The Bertz CT molecular complexity index is 1330. The summed E-state index contributed by atoms with van der Waals surface area (Å²) in [6.45, 7) is 8.90. The minimum Gasteiger partial charge on any atom is -0.495 e. The first-order valence-corrected chi connectivity index (χ1v) is 12.0. The fourth-order valence-electron chi connectivity index (χ4n) is 3.68. The molecule has 9 heteroatoms. The number of hydrogen-bond acceptors (Lipinski definition) is 7. The van der Waals surface area contributed by atoms with Crippen LogP contribution >= 0.6 is 11.3 Å². The van der Waals surface area contributed by atoms with E-state index < -0.39 is 9.76 Å². The maximum absolute atomic E-state index is 9.95. The number of nitrogen functional groups attached to an aromatic ring is 1. The lowest BCUT2D eigenvalue weighted by molar-refractivity contribution is 0.309. The number of benzene rings is 1. The Kier molecular flexibility index (Phi) is 5.47. The molecule has 31 heavy (non-hydrogen) atoms. The molecule has 0 aliphatic heterocycles. The van der Waals surface area contributed by atoms with Gasteiger partial charge in [-0.3, -0.25) is 0 Å². The quantitative estimate of drug-likeness (QED) is 0.457. The first-order valence-electron chi connectivity index (χ1n) is 9.94. The van der Waals surface area contributed by atoms with Gasteiger partial charge in [0.05, 0.1) is 18.4 Å². The van der Waals surface area contributed by atoms with Gasteiger partial charge in [0.15, 0.2) is 15.6 Å². The van der Waals surface area contributed by atoms with Gasteiger partial charge in [0.1, 0.15) is 29.4 Å². The van der Waals surface area contributed by atoms with Crippen LogP contribution in [0.1, 0.15) is 37.6 Å². The van der Waals surface area contributed by atoms with Crippen molar-refractivity contribution in [2.24, 2.45) is 0 Å². The average Bonchev–Trinajstić information content (AvgIpc) is 3.25. The van der Waals surface area contributed by atoms with Crippen molar-refractivity contribution < 1.29 is 9.16 Å². The van der Waals surface area contributed by atoms with E-state index in [0.29, 0.717) is 23.6 Å². The molecular formula is C22H25N5O2SSi. The average molecular weight is 452 g/mol. The van der Waals surface area contributed by atoms with Crippen LogP contribution in [0, 0.1) is 18.3 Å². The van der Waals surface area contributed by atoms with Gasteiger partial charge >= 0.3 is 0 Å². The topological polar surface area (TPSA) is 98.5 Å². The van der Waals surface area contributed by atoms with E-state index in [1.807, 2.05) is 13.0 Å². The lowest BCUT2D eigenvalue weighted by Crippen LogP contribution is -2.12. The molecule has 160 valence electrons. The van der Waals surface area contributed by atoms with E-state index >= 15 is 0 Å². The van der Waals surface area contributed by atoms with Crippen LogP contribution < -0.4 is 10.5 Å². The van der Waals surface area contributed by atoms with Gasteiger partial charge in [-0.25, -0.2) is 9.50 Å². The number of aromatic nitrogens is 3. The summed E-state index contributed by atoms with van der Waals surface area (Å²) in [7, 11) is 0.877. The van der Waals surface area contributed by atoms with Crippen molar-refractivity contribution >= 4 is 42.5 Å². The molecule has 0 radical (unpaired) electrons. The molecule has 7 nitrogen and oxygen atoms in total. The van der Waals surface area contributed by atoms with Crippen molar-refractivity contribution in [1.82, 2.24) is 14.6 Å². The summed E-state index contributed by atoms with van der Waals surface area (Å²) in [5, 5.41) is 15.5. The molecule has 0 unspecified atom stereocenters. The lowest BCUT2D eigenvalue weighted by atomic mass is 10.1. The minimum absolute atomic E-state index is 0.146. The third-order valence-corrected chi connectivity index (χ3v) is 7.39. The Hall–Kier alpha value is -2.93. The fraction of sp³-hybridized carbons (Fsp3) is 0.318. The summed E-state index contributed by atoms with van der Waals surface area (Å²) in [6, 6.07) is 8.57. The molecule has 0 spiro atoms.